The molecule has 1 atom stereocenters. The van der Waals surface area contributed by atoms with Crippen LogP contribution in [-0.4, -0.2) is 18.0 Å². The van der Waals surface area contributed by atoms with Gasteiger partial charge in [-0.15, -0.1) is 0 Å². The van der Waals surface area contributed by atoms with Crippen LogP contribution in [0.5, 0.6) is 0 Å². The minimum Gasteiger partial charge on any atom is -0.364 e. The lowest BCUT2D eigenvalue weighted by atomic mass is 10.2. The SMILES string of the molecule is COP(=O)(c1cc(C)ccc1C)c1c(C(N)=O)[nH]c2ccc(Cl)cc12. The van der Waals surface area contributed by atoms with Gasteiger partial charge in [-0.25, -0.2) is 0 Å². The number of hydrogen-bond donors (Lipinski definition) is 2. The van der Waals surface area contributed by atoms with Gasteiger partial charge in [-0.05, 0) is 43.7 Å². The van der Waals surface area contributed by atoms with Gasteiger partial charge >= 0.3 is 0 Å². The molecule has 2 aromatic carbocycles. The smallest absolute Gasteiger partial charge is 0.266 e. The van der Waals surface area contributed by atoms with E-state index < -0.39 is 13.3 Å². The Balaban J connectivity index is 2.44. The van der Waals surface area contributed by atoms with E-state index in [9.17, 15) is 9.36 Å². The summed E-state index contributed by atoms with van der Waals surface area (Å²) in [6.07, 6.45) is 0. The van der Waals surface area contributed by atoms with E-state index in [0.29, 0.717) is 21.2 Å². The summed E-state index contributed by atoms with van der Waals surface area (Å²) in [5, 5.41) is 1.83. The van der Waals surface area contributed by atoms with Crippen LogP contribution in [0.3, 0.4) is 0 Å². The largest absolute Gasteiger partial charge is 0.364 e. The third-order valence-corrected chi connectivity index (χ3v) is 7.13. The van der Waals surface area contributed by atoms with Gasteiger partial charge < -0.3 is 15.2 Å². The summed E-state index contributed by atoms with van der Waals surface area (Å²) < 4.78 is 19.5. The van der Waals surface area contributed by atoms with E-state index in [1.807, 2.05) is 32.0 Å². The van der Waals surface area contributed by atoms with Crippen LogP contribution in [-0.2, 0) is 9.09 Å². The van der Waals surface area contributed by atoms with Gasteiger partial charge in [-0.2, -0.15) is 0 Å². The topological polar surface area (TPSA) is 85.2 Å². The highest BCUT2D eigenvalue weighted by atomic mass is 35.5. The molecule has 1 unspecified atom stereocenters. The Morgan fingerprint density at radius 1 is 1.20 bits per heavy atom. The predicted molar refractivity (Wildman–Crippen MR) is 102 cm³/mol. The Morgan fingerprint density at radius 2 is 1.92 bits per heavy atom. The molecular weight excluding hydrogens is 359 g/mol. The Labute approximate surface area is 150 Å². The summed E-state index contributed by atoms with van der Waals surface area (Å²) >= 11 is 6.11. The van der Waals surface area contributed by atoms with Crippen molar-refractivity contribution in [3.8, 4) is 0 Å². The molecule has 0 fully saturated rings. The molecule has 0 aliphatic rings. The Bertz CT molecular complexity index is 1040. The van der Waals surface area contributed by atoms with Crippen molar-refractivity contribution < 1.29 is 13.9 Å². The lowest BCUT2D eigenvalue weighted by Crippen LogP contribution is -2.27. The summed E-state index contributed by atoms with van der Waals surface area (Å²) in [5.74, 6) is -0.704. The molecule has 3 rings (SSSR count). The lowest BCUT2D eigenvalue weighted by Gasteiger charge is -2.20. The molecule has 0 bridgehead atoms. The molecule has 1 aromatic heterocycles. The fourth-order valence-electron chi connectivity index (χ4n) is 2.98. The van der Waals surface area contributed by atoms with Crippen molar-refractivity contribution in [3.05, 3.63) is 58.2 Å². The number of fused-ring (bicyclic) bond motifs is 1. The van der Waals surface area contributed by atoms with E-state index in [1.165, 1.54) is 7.11 Å². The average molecular weight is 377 g/mol. The van der Waals surface area contributed by atoms with Gasteiger partial charge in [0.2, 0.25) is 0 Å². The van der Waals surface area contributed by atoms with Crippen molar-refractivity contribution in [2.45, 2.75) is 13.8 Å². The molecule has 0 radical (unpaired) electrons. The zero-order valence-electron chi connectivity index (χ0n) is 14.1. The number of carbonyl (C=O) groups is 1. The van der Waals surface area contributed by atoms with Crippen molar-refractivity contribution in [2.75, 3.05) is 7.11 Å². The van der Waals surface area contributed by atoms with Crippen LogP contribution in [0.25, 0.3) is 10.9 Å². The maximum atomic E-state index is 14.0. The second kappa shape index (κ2) is 6.34. The number of primary amides is 1. The number of hydrogen-bond acceptors (Lipinski definition) is 3. The van der Waals surface area contributed by atoms with Crippen molar-refractivity contribution in [3.63, 3.8) is 0 Å². The van der Waals surface area contributed by atoms with E-state index in [2.05, 4.69) is 4.98 Å². The van der Waals surface area contributed by atoms with E-state index in [0.717, 1.165) is 11.1 Å². The van der Waals surface area contributed by atoms with Crippen LogP contribution in [0, 0.1) is 13.8 Å². The van der Waals surface area contributed by atoms with Gasteiger partial charge in [0.15, 0.2) is 0 Å². The molecule has 3 N–H and O–H groups in total. The molecular formula is C18H18ClN2O3P. The first-order valence-corrected chi connectivity index (χ1v) is 9.63. The minimum atomic E-state index is -3.57. The number of halogens is 1. The number of carbonyl (C=O) groups excluding carboxylic acids is 1. The third-order valence-electron chi connectivity index (χ3n) is 4.21. The highest BCUT2D eigenvalue weighted by molar-refractivity contribution is 7.75. The molecule has 0 saturated carbocycles. The highest BCUT2D eigenvalue weighted by Crippen LogP contribution is 2.48. The number of aryl methyl sites for hydroxylation is 2. The Morgan fingerprint density at radius 3 is 2.56 bits per heavy atom. The van der Waals surface area contributed by atoms with E-state index in [-0.39, 0.29) is 11.0 Å². The van der Waals surface area contributed by atoms with Crippen LogP contribution < -0.4 is 16.3 Å². The zero-order chi connectivity index (χ0) is 18.4. The zero-order valence-corrected chi connectivity index (χ0v) is 15.7. The van der Waals surface area contributed by atoms with Gasteiger partial charge in [0.25, 0.3) is 13.3 Å². The molecule has 0 spiro atoms. The van der Waals surface area contributed by atoms with E-state index in [1.54, 1.807) is 18.2 Å². The molecule has 3 aromatic rings. The summed E-state index contributed by atoms with van der Waals surface area (Å²) in [6, 6.07) is 10.7. The molecule has 5 nitrogen and oxygen atoms in total. The first-order chi connectivity index (χ1) is 11.8. The number of H-pyrrole nitrogens is 1. The fraction of sp³-hybridized carbons (Fsp3) is 0.167. The number of nitrogens with one attached hydrogen (secondary N) is 1. The van der Waals surface area contributed by atoms with Gasteiger partial charge in [-0.3, -0.25) is 9.36 Å². The normalized spacial score (nSPS) is 13.8. The van der Waals surface area contributed by atoms with Gasteiger partial charge in [0.1, 0.15) is 5.69 Å². The fourth-order valence-corrected chi connectivity index (χ4v) is 5.65. The first kappa shape index (κ1) is 17.7. The highest BCUT2D eigenvalue weighted by Gasteiger charge is 2.36. The molecule has 1 amide bonds. The van der Waals surface area contributed by atoms with Gasteiger partial charge in [0, 0.05) is 28.3 Å². The van der Waals surface area contributed by atoms with Crippen LogP contribution in [0.2, 0.25) is 5.02 Å². The first-order valence-electron chi connectivity index (χ1n) is 7.63. The van der Waals surface area contributed by atoms with Crippen molar-refractivity contribution in [1.82, 2.24) is 4.98 Å². The second-order valence-electron chi connectivity index (χ2n) is 5.93. The summed E-state index contributed by atoms with van der Waals surface area (Å²) in [6.45, 7) is 3.76. The quantitative estimate of drug-likeness (QED) is 0.684. The summed E-state index contributed by atoms with van der Waals surface area (Å²) in [5.41, 5.74) is 7.98. The predicted octanol–water partition coefficient (Wildman–Crippen LogP) is 3.41. The average Bonchev–Trinajstić information content (AvgIpc) is 2.95. The third kappa shape index (κ3) is 2.89. The molecule has 0 aliphatic heterocycles. The summed E-state index contributed by atoms with van der Waals surface area (Å²) in [7, 11) is -2.20. The van der Waals surface area contributed by atoms with Crippen molar-refractivity contribution >= 4 is 46.4 Å². The molecule has 0 saturated heterocycles. The maximum absolute atomic E-state index is 14.0. The van der Waals surface area contributed by atoms with Crippen molar-refractivity contribution in [2.24, 2.45) is 5.73 Å². The summed E-state index contributed by atoms with van der Waals surface area (Å²) in [4.78, 5) is 15.0. The molecule has 25 heavy (non-hydrogen) atoms. The number of benzene rings is 2. The maximum Gasteiger partial charge on any atom is 0.266 e. The van der Waals surface area contributed by atoms with Gasteiger partial charge in [-0.1, -0.05) is 29.3 Å². The molecule has 0 aliphatic carbocycles. The van der Waals surface area contributed by atoms with Crippen LogP contribution in [0.4, 0.5) is 0 Å². The Hall–Kier alpha value is -2.07. The number of aromatic amines is 1. The minimum absolute atomic E-state index is 0.0726. The molecule has 7 heteroatoms. The second-order valence-corrected chi connectivity index (χ2v) is 8.76. The van der Waals surface area contributed by atoms with Crippen LogP contribution in [0.1, 0.15) is 21.6 Å². The van der Waals surface area contributed by atoms with Gasteiger partial charge in [0.05, 0.1) is 5.30 Å². The van der Waals surface area contributed by atoms with Crippen LogP contribution in [0.15, 0.2) is 36.4 Å². The number of amides is 1. The monoisotopic (exact) mass is 376 g/mol. The van der Waals surface area contributed by atoms with Crippen LogP contribution >= 0.6 is 19.0 Å². The standard InChI is InChI=1S/C18H18ClN2O3P/c1-10-4-5-11(2)15(8-10)25(23,24-3)17-13-9-12(19)6-7-14(13)21-16(17)18(20)22/h4-9,21H,1-3H3,(H2,20,22). The van der Waals surface area contributed by atoms with E-state index in [4.69, 9.17) is 21.9 Å². The number of aromatic nitrogens is 1. The Kier molecular flexibility index (Phi) is 4.50. The molecule has 130 valence electrons. The molecule has 1 heterocycles. The lowest BCUT2D eigenvalue weighted by molar-refractivity contribution is 0.0997. The van der Waals surface area contributed by atoms with E-state index >= 15 is 0 Å². The number of nitrogens with two attached hydrogens (primary N) is 1. The van der Waals surface area contributed by atoms with Crippen molar-refractivity contribution in [1.29, 1.82) is 0 Å². The number of rotatable bonds is 4.